The van der Waals surface area contributed by atoms with Crippen molar-refractivity contribution >= 4 is 46.6 Å². The Labute approximate surface area is 177 Å². The number of cyclic esters (lactones) is 2. The molecule has 0 radical (unpaired) electrons. The normalized spacial score (nSPS) is 18.0. The Morgan fingerprint density at radius 1 is 1.13 bits per heavy atom. The molecule has 1 aliphatic rings. The van der Waals surface area contributed by atoms with E-state index >= 15 is 0 Å². The molecule has 0 spiro atoms. The molecule has 0 aromatic carbocycles. The Bertz CT molecular complexity index is 733. The topological polar surface area (TPSA) is 154 Å². The number of rotatable bonds is 9. The fourth-order valence-corrected chi connectivity index (χ4v) is 2.75. The smallest absolute Gasteiger partial charge is 0.418 e. The summed E-state index contributed by atoms with van der Waals surface area (Å²) >= 11 is 0.915. The van der Waals surface area contributed by atoms with Gasteiger partial charge in [-0.1, -0.05) is 25.6 Å². The molecule has 1 aliphatic heterocycles. The van der Waals surface area contributed by atoms with Crippen LogP contribution >= 0.6 is 11.8 Å². The number of amides is 2. The lowest BCUT2D eigenvalue weighted by Gasteiger charge is -2.28. The molecular weight excluding hydrogens is 420 g/mol. The van der Waals surface area contributed by atoms with Crippen LogP contribution in [0, 0.1) is 5.41 Å². The van der Waals surface area contributed by atoms with E-state index in [2.05, 4.69) is 15.4 Å². The predicted molar refractivity (Wildman–Crippen MR) is 104 cm³/mol. The molecule has 2 N–H and O–H groups in total. The third-order valence-corrected chi connectivity index (χ3v) is 4.62. The number of hydrogen-bond acceptors (Lipinski definition) is 10. The monoisotopic (exact) mass is 444 g/mol. The van der Waals surface area contributed by atoms with E-state index in [0.717, 1.165) is 23.9 Å². The van der Waals surface area contributed by atoms with Crippen molar-refractivity contribution in [2.75, 3.05) is 32.6 Å². The van der Waals surface area contributed by atoms with Crippen molar-refractivity contribution in [3.63, 3.8) is 0 Å². The van der Waals surface area contributed by atoms with E-state index in [0.29, 0.717) is 5.75 Å². The highest BCUT2D eigenvalue weighted by molar-refractivity contribution is 8.14. The molecule has 12 heteroatoms. The van der Waals surface area contributed by atoms with Crippen LogP contribution in [0.2, 0.25) is 0 Å². The summed E-state index contributed by atoms with van der Waals surface area (Å²) in [6.07, 6.45) is 0.808. The molecule has 1 fully saturated rings. The summed E-state index contributed by atoms with van der Waals surface area (Å²) in [6, 6.07) is 0. The maximum atomic E-state index is 12.3. The Hall–Kier alpha value is -2.89. The molecule has 0 unspecified atom stereocenters. The van der Waals surface area contributed by atoms with Crippen molar-refractivity contribution in [2.24, 2.45) is 5.41 Å². The Kier molecular flexibility index (Phi) is 10.0. The Morgan fingerprint density at radius 2 is 1.83 bits per heavy atom. The highest BCUT2D eigenvalue weighted by atomic mass is 32.2. The largest absolute Gasteiger partial charge is 0.466 e. The number of methoxy groups -OCH3 is 1. The van der Waals surface area contributed by atoms with Crippen LogP contribution < -0.4 is 10.6 Å². The van der Waals surface area contributed by atoms with Crippen LogP contribution in [-0.2, 0) is 43.0 Å². The van der Waals surface area contributed by atoms with E-state index in [1.165, 1.54) is 7.11 Å². The molecule has 0 saturated carbocycles. The highest BCUT2D eigenvalue weighted by Gasteiger charge is 2.44. The van der Waals surface area contributed by atoms with Crippen LogP contribution in [0.1, 0.15) is 20.3 Å². The molecule has 1 rings (SSSR count). The number of carbonyl (C=O) groups is 6. The van der Waals surface area contributed by atoms with Gasteiger partial charge in [0.15, 0.2) is 6.10 Å². The van der Waals surface area contributed by atoms with Crippen LogP contribution in [0.15, 0.2) is 12.2 Å². The minimum absolute atomic E-state index is 0.0163. The second-order valence-corrected chi connectivity index (χ2v) is 7.86. The molecule has 0 aromatic rings. The summed E-state index contributed by atoms with van der Waals surface area (Å²) in [5, 5.41) is 4.71. The molecule has 1 atom stereocenters. The van der Waals surface area contributed by atoms with Gasteiger partial charge in [-0.25, -0.2) is 14.4 Å². The number of thioether (sulfide) groups is 1. The van der Waals surface area contributed by atoms with Gasteiger partial charge in [0.2, 0.25) is 11.0 Å². The second kappa shape index (κ2) is 12.0. The molecule has 0 aromatic heterocycles. The van der Waals surface area contributed by atoms with E-state index in [1.807, 2.05) is 0 Å². The first-order valence-electron chi connectivity index (χ1n) is 8.91. The molecular formula is C18H24N2O9S. The lowest BCUT2D eigenvalue weighted by Crippen LogP contribution is -2.47. The van der Waals surface area contributed by atoms with Gasteiger partial charge in [0.25, 0.3) is 5.91 Å². The lowest BCUT2D eigenvalue weighted by molar-refractivity contribution is -0.168. The first kappa shape index (κ1) is 25.1. The number of ether oxygens (including phenoxy) is 3. The van der Waals surface area contributed by atoms with Gasteiger partial charge < -0.3 is 24.8 Å². The standard InChI is InChI=1S/C18H24N2O9S/c1-18(2)10-28-16(25)17(26)29-14(18)15(24)20-7-6-11(21)19-8-9-30-13(23)5-4-12(22)27-3/h4-5,14H,6-10H2,1-3H3,(H,19,21)(H,20,24)/b5-4+/t14-/m0/s1. The van der Waals surface area contributed by atoms with E-state index in [9.17, 15) is 28.8 Å². The van der Waals surface area contributed by atoms with Crippen molar-refractivity contribution in [3.8, 4) is 0 Å². The zero-order valence-corrected chi connectivity index (χ0v) is 17.7. The maximum absolute atomic E-state index is 12.3. The van der Waals surface area contributed by atoms with Gasteiger partial charge >= 0.3 is 17.9 Å². The average molecular weight is 444 g/mol. The van der Waals surface area contributed by atoms with Crippen molar-refractivity contribution in [1.29, 1.82) is 0 Å². The molecule has 1 heterocycles. The number of carbonyl (C=O) groups excluding carboxylic acids is 6. The molecule has 0 bridgehead atoms. The van der Waals surface area contributed by atoms with Crippen LogP contribution in [-0.4, -0.2) is 73.5 Å². The second-order valence-electron chi connectivity index (χ2n) is 6.77. The molecule has 11 nitrogen and oxygen atoms in total. The molecule has 0 aliphatic carbocycles. The quantitative estimate of drug-likeness (QED) is 0.150. The Balaban J connectivity index is 2.30. The van der Waals surface area contributed by atoms with Crippen LogP contribution in [0.4, 0.5) is 0 Å². The van der Waals surface area contributed by atoms with E-state index < -0.39 is 35.3 Å². The van der Waals surface area contributed by atoms with Gasteiger partial charge in [-0.15, -0.1) is 0 Å². The predicted octanol–water partition coefficient (Wildman–Crippen LogP) is -0.907. The fraction of sp³-hybridized carbons (Fsp3) is 0.556. The van der Waals surface area contributed by atoms with Gasteiger partial charge in [0.05, 0.1) is 7.11 Å². The van der Waals surface area contributed by atoms with E-state index in [4.69, 9.17) is 9.47 Å². The van der Waals surface area contributed by atoms with Gasteiger partial charge in [-0.2, -0.15) is 0 Å². The average Bonchev–Trinajstić information content (AvgIpc) is 2.80. The highest BCUT2D eigenvalue weighted by Crippen LogP contribution is 2.27. The van der Waals surface area contributed by atoms with Gasteiger partial charge in [0, 0.05) is 36.8 Å². The van der Waals surface area contributed by atoms with Gasteiger partial charge in [-0.3, -0.25) is 14.4 Å². The van der Waals surface area contributed by atoms with E-state index in [1.54, 1.807) is 13.8 Å². The summed E-state index contributed by atoms with van der Waals surface area (Å²) in [5.41, 5.74) is -0.930. The van der Waals surface area contributed by atoms with Crippen molar-refractivity contribution in [3.05, 3.63) is 12.2 Å². The molecule has 2 amide bonds. The summed E-state index contributed by atoms with van der Waals surface area (Å²) < 4.78 is 14.0. The van der Waals surface area contributed by atoms with Crippen LogP contribution in [0.25, 0.3) is 0 Å². The van der Waals surface area contributed by atoms with Crippen molar-refractivity contribution < 1.29 is 43.0 Å². The van der Waals surface area contributed by atoms with Crippen LogP contribution in [0.3, 0.4) is 0 Å². The van der Waals surface area contributed by atoms with Gasteiger partial charge in [-0.05, 0) is 6.08 Å². The summed E-state index contributed by atoms with van der Waals surface area (Å²) in [6.45, 7) is 3.24. The lowest BCUT2D eigenvalue weighted by atomic mass is 9.87. The number of hydrogen-bond donors (Lipinski definition) is 2. The molecule has 30 heavy (non-hydrogen) atoms. The third-order valence-electron chi connectivity index (χ3n) is 3.79. The first-order chi connectivity index (χ1) is 14.1. The maximum Gasteiger partial charge on any atom is 0.418 e. The summed E-state index contributed by atoms with van der Waals surface area (Å²) in [7, 11) is 1.20. The number of nitrogens with one attached hydrogen (secondary N) is 2. The Morgan fingerprint density at radius 3 is 2.50 bits per heavy atom. The summed E-state index contributed by atoms with van der Waals surface area (Å²) in [4.78, 5) is 69.2. The first-order valence-corrected chi connectivity index (χ1v) is 9.90. The number of esters is 3. The minimum Gasteiger partial charge on any atom is -0.466 e. The minimum atomic E-state index is -1.24. The van der Waals surface area contributed by atoms with Crippen molar-refractivity contribution in [1.82, 2.24) is 10.6 Å². The summed E-state index contributed by atoms with van der Waals surface area (Å²) in [5.74, 6) is -3.74. The van der Waals surface area contributed by atoms with Gasteiger partial charge in [0.1, 0.15) is 6.61 Å². The zero-order valence-electron chi connectivity index (χ0n) is 16.9. The van der Waals surface area contributed by atoms with Crippen LogP contribution in [0.5, 0.6) is 0 Å². The SMILES string of the molecule is COC(=O)/C=C/C(=O)SCCNC(=O)CCNC(=O)[C@@H]1OC(=O)C(=O)OCC1(C)C. The molecule has 166 valence electrons. The van der Waals surface area contributed by atoms with Crippen molar-refractivity contribution in [2.45, 2.75) is 26.4 Å². The van der Waals surface area contributed by atoms with E-state index in [-0.39, 0.29) is 37.1 Å². The third kappa shape index (κ3) is 8.64. The zero-order chi connectivity index (χ0) is 22.7. The molecule has 1 saturated heterocycles. The fourth-order valence-electron chi connectivity index (χ4n) is 2.18.